The molecule has 0 aliphatic rings. The van der Waals surface area contributed by atoms with Gasteiger partial charge in [0.15, 0.2) is 0 Å². The second kappa shape index (κ2) is 7.66. The van der Waals surface area contributed by atoms with E-state index in [4.69, 9.17) is 4.74 Å². The van der Waals surface area contributed by atoms with E-state index in [1.165, 1.54) is 0 Å². The molecule has 0 aromatic rings. The molecule has 0 aromatic carbocycles. The SMILES string of the molecule is CC(C)CC(CNC(=O)C(F)(F)F)CC(=O)OC(C)(C)C. The van der Waals surface area contributed by atoms with Crippen molar-refractivity contribution in [2.75, 3.05) is 6.54 Å². The first-order valence-corrected chi connectivity index (χ1v) is 6.88. The van der Waals surface area contributed by atoms with E-state index in [-0.39, 0.29) is 24.8 Å². The fourth-order valence-electron chi connectivity index (χ4n) is 1.86. The molecule has 21 heavy (non-hydrogen) atoms. The van der Waals surface area contributed by atoms with Crippen LogP contribution in [0.1, 0.15) is 47.5 Å². The van der Waals surface area contributed by atoms with E-state index >= 15 is 0 Å². The van der Waals surface area contributed by atoms with Gasteiger partial charge in [-0.3, -0.25) is 9.59 Å². The minimum Gasteiger partial charge on any atom is -0.460 e. The van der Waals surface area contributed by atoms with Crippen LogP contribution in [0.4, 0.5) is 13.2 Å². The van der Waals surface area contributed by atoms with Gasteiger partial charge in [-0.25, -0.2) is 0 Å². The van der Waals surface area contributed by atoms with E-state index in [0.29, 0.717) is 6.42 Å². The summed E-state index contributed by atoms with van der Waals surface area (Å²) in [6.07, 6.45) is -4.40. The topological polar surface area (TPSA) is 55.4 Å². The fourth-order valence-corrected chi connectivity index (χ4v) is 1.86. The van der Waals surface area contributed by atoms with Crippen molar-refractivity contribution < 1.29 is 27.5 Å². The third kappa shape index (κ3) is 10.1. The molecule has 124 valence electrons. The lowest BCUT2D eigenvalue weighted by molar-refractivity contribution is -0.174. The largest absolute Gasteiger partial charge is 0.471 e. The van der Waals surface area contributed by atoms with Crippen LogP contribution < -0.4 is 5.32 Å². The van der Waals surface area contributed by atoms with Gasteiger partial charge in [0.1, 0.15) is 5.60 Å². The van der Waals surface area contributed by atoms with Crippen molar-refractivity contribution in [2.45, 2.75) is 59.2 Å². The number of nitrogens with one attached hydrogen (secondary N) is 1. The minimum atomic E-state index is -4.91. The molecular weight excluding hydrogens is 287 g/mol. The number of ether oxygens (including phenoxy) is 1. The zero-order valence-corrected chi connectivity index (χ0v) is 13.1. The maximum absolute atomic E-state index is 12.1. The van der Waals surface area contributed by atoms with E-state index in [9.17, 15) is 22.8 Å². The van der Waals surface area contributed by atoms with E-state index in [1.54, 1.807) is 20.8 Å². The number of hydrogen-bond donors (Lipinski definition) is 1. The maximum atomic E-state index is 12.1. The number of amides is 1. The van der Waals surface area contributed by atoms with Gasteiger partial charge in [-0.15, -0.1) is 0 Å². The molecule has 0 rings (SSSR count). The molecule has 0 aliphatic heterocycles. The number of carbonyl (C=O) groups excluding carboxylic acids is 2. The molecule has 7 heteroatoms. The van der Waals surface area contributed by atoms with Crippen LogP contribution in [-0.4, -0.2) is 30.2 Å². The van der Waals surface area contributed by atoms with Crippen LogP contribution in [0.3, 0.4) is 0 Å². The summed E-state index contributed by atoms with van der Waals surface area (Å²) in [7, 11) is 0. The summed E-state index contributed by atoms with van der Waals surface area (Å²) in [6, 6.07) is 0. The number of carbonyl (C=O) groups is 2. The second-order valence-corrected chi connectivity index (χ2v) is 6.49. The Labute approximate surface area is 123 Å². The van der Waals surface area contributed by atoms with Crippen molar-refractivity contribution in [3.05, 3.63) is 0 Å². The van der Waals surface area contributed by atoms with E-state index in [1.807, 2.05) is 19.2 Å². The summed E-state index contributed by atoms with van der Waals surface area (Å²) in [4.78, 5) is 22.6. The van der Waals surface area contributed by atoms with Gasteiger partial charge >= 0.3 is 18.1 Å². The molecule has 0 spiro atoms. The summed E-state index contributed by atoms with van der Waals surface area (Å²) in [5.41, 5.74) is -0.644. The van der Waals surface area contributed by atoms with Crippen LogP contribution in [0.5, 0.6) is 0 Å². The first-order valence-electron chi connectivity index (χ1n) is 6.88. The zero-order chi connectivity index (χ0) is 16.8. The minimum absolute atomic E-state index is 0.0203. The van der Waals surface area contributed by atoms with Gasteiger partial charge in [-0.2, -0.15) is 13.2 Å². The zero-order valence-electron chi connectivity index (χ0n) is 13.1. The molecule has 1 atom stereocenters. The van der Waals surface area contributed by atoms with E-state index in [2.05, 4.69) is 0 Å². The first-order chi connectivity index (χ1) is 9.31. The van der Waals surface area contributed by atoms with Crippen molar-refractivity contribution in [2.24, 2.45) is 11.8 Å². The van der Waals surface area contributed by atoms with Crippen LogP contribution in [0, 0.1) is 11.8 Å². The molecule has 0 aliphatic carbocycles. The molecule has 0 fully saturated rings. The molecule has 0 aromatic heterocycles. The van der Waals surface area contributed by atoms with Gasteiger partial charge in [0, 0.05) is 6.54 Å². The Hall–Kier alpha value is -1.27. The molecule has 0 saturated carbocycles. The van der Waals surface area contributed by atoms with Gasteiger partial charge in [0.2, 0.25) is 0 Å². The van der Waals surface area contributed by atoms with Crippen LogP contribution in [-0.2, 0) is 14.3 Å². The predicted octanol–water partition coefficient (Wildman–Crippen LogP) is 3.06. The smallest absolute Gasteiger partial charge is 0.460 e. The molecular formula is C14H24F3NO3. The van der Waals surface area contributed by atoms with Gasteiger partial charge in [0.05, 0.1) is 6.42 Å². The van der Waals surface area contributed by atoms with Gasteiger partial charge in [0.25, 0.3) is 0 Å². The van der Waals surface area contributed by atoms with E-state index in [0.717, 1.165) is 0 Å². The Kier molecular flexibility index (Phi) is 7.19. The Morgan fingerprint density at radius 3 is 2.05 bits per heavy atom. The highest BCUT2D eigenvalue weighted by molar-refractivity contribution is 5.81. The number of rotatable bonds is 6. The quantitative estimate of drug-likeness (QED) is 0.767. The van der Waals surface area contributed by atoms with Crippen molar-refractivity contribution in [1.29, 1.82) is 0 Å². The Morgan fingerprint density at radius 1 is 1.14 bits per heavy atom. The lowest BCUT2D eigenvalue weighted by Crippen LogP contribution is -2.40. The average molecular weight is 311 g/mol. The number of alkyl halides is 3. The number of halogens is 3. The van der Waals surface area contributed by atoms with Crippen molar-refractivity contribution in [1.82, 2.24) is 5.32 Å². The standard InChI is InChI=1S/C14H24F3NO3/c1-9(2)6-10(7-11(19)21-13(3,4)5)8-18-12(20)14(15,16)17/h9-10H,6-8H2,1-5H3,(H,18,20). The highest BCUT2D eigenvalue weighted by Gasteiger charge is 2.38. The Balaban J connectivity index is 4.53. The average Bonchev–Trinajstić information content (AvgIpc) is 2.20. The van der Waals surface area contributed by atoms with Gasteiger partial charge < -0.3 is 10.1 Å². The Morgan fingerprint density at radius 2 is 1.67 bits per heavy atom. The predicted molar refractivity (Wildman–Crippen MR) is 72.5 cm³/mol. The van der Waals surface area contributed by atoms with Gasteiger partial charge in [-0.1, -0.05) is 13.8 Å². The highest BCUT2D eigenvalue weighted by Crippen LogP contribution is 2.19. The van der Waals surface area contributed by atoms with Gasteiger partial charge in [-0.05, 0) is 39.0 Å². The molecule has 1 amide bonds. The van der Waals surface area contributed by atoms with Crippen LogP contribution in [0.15, 0.2) is 0 Å². The number of esters is 1. The monoisotopic (exact) mass is 311 g/mol. The van der Waals surface area contributed by atoms with Crippen molar-refractivity contribution in [3.63, 3.8) is 0 Å². The molecule has 0 bridgehead atoms. The van der Waals surface area contributed by atoms with Crippen LogP contribution in [0.25, 0.3) is 0 Å². The van der Waals surface area contributed by atoms with Crippen LogP contribution >= 0.6 is 0 Å². The van der Waals surface area contributed by atoms with Crippen molar-refractivity contribution in [3.8, 4) is 0 Å². The molecule has 1 N–H and O–H groups in total. The summed E-state index contributed by atoms with van der Waals surface area (Å²) >= 11 is 0. The molecule has 4 nitrogen and oxygen atoms in total. The maximum Gasteiger partial charge on any atom is 0.471 e. The lowest BCUT2D eigenvalue weighted by Gasteiger charge is -2.23. The summed E-state index contributed by atoms with van der Waals surface area (Å²) in [5, 5.41) is 1.82. The molecule has 0 heterocycles. The summed E-state index contributed by atoms with van der Waals surface area (Å²) in [5.74, 6) is -2.65. The highest BCUT2D eigenvalue weighted by atomic mass is 19.4. The summed E-state index contributed by atoms with van der Waals surface area (Å²) < 4.78 is 41.6. The van der Waals surface area contributed by atoms with Crippen LogP contribution in [0.2, 0.25) is 0 Å². The second-order valence-electron chi connectivity index (χ2n) is 6.49. The molecule has 0 saturated heterocycles. The summed E-state index contributed by atoms with van der Waals surface area (Å²) in [6.45, 7) is 8.74. The fraction of sp³-hybridized carbons (Fsp3) is 0.857. The number of hydrogen-bond acceptors (Lipinski definition) is 3. The lowest BCUT2D eigenvalue weighted by atomic mass is 9.94. The van der Waals surface area contributed by atoms with E-state index < -0.39 is 23.7 Å². The third-order valence-corrected chi connectivity index (χ3v) is 2.49. The normalized spacial score (nSPS) is 14.0. The first kappa shape index (κ1) is 19.7. The molecule has 0 radical (unpaired) electrons. The Bertz CT molecular complexity index is 359. The van der Waals surface area contributed by atoms with Crippen molar-refractivity contribution >= 4 is 11.9 Å². The third-order valence-electron chi connectivity index (χ3n) is 2.49. The molecule has 1 unspecified atom stereocenters.